The monoisotopic (exact) mass is 392 g/mol. The molecule has 0 N–H and O–H groups in total. The summed E-state index contributed by atoms with van der Waals surface area (Å²) in [4.78, 5) is 14.3. The number of carbonyl (C=O) groups is 1. The van der Waals surface area contributed by atoms with Crippen molar-refractivity contribution in [2.45, 2.75) is 44.8 Å². The van der Waals surface area contributed by atoms with Crippen LogP contribution in [0.5, 0.6) is 0 Å². The molecule has 0 aliphatic carbocycles. The minimum Gasteiger partial charge on any atom is -0.338 e. The number of alkyl halides is 3. The van der Waals surface area contributed by atoms with Gasteiger partial charge in [-0.25, -0.2) is 8.42 Å². The second-order valence-corrected chi connectivity index (χ2v) is 8.34. The van der Waals surface area contributed by atoms with Gasteiger partial charge in [0, 0.05) is 12.6 Å². The molecule has 1 aliphatic heterocycles. The summed E-state index contributed by atoms with van der Waals surface area (Å²) < 4.78 is 64.8. The van der Waals surface area contributed by atoms with Crippen molar-refractivity contribution >= 4 is 21.6 Å². The number of amides is 1. The molecule has 1 unspecified atom stereocenters. The summed E-state index contributed by atoms with van der Waals surface area (Å²) in [5.41, 5.74) is -1.61. The lowest BCUT2D eigenvalue weighted by Crippen LogP contribution is -2.49. The fourth-order valence-corrected chi connectivity index (χ4v) is 4.14. The normalized spacial score (nSPS) is 18.7. The summed E-state index contributed by atoms with van der Waals surface area (Å²) in [6, 6.07) is 4.39. The minimum absolute atomic E-state index is 0.00415. The zero-order valence-corrected chi connectivity index (χ0v) is 15.6. The number of anilines is 1. The first-order valence-corrected chi connectivity index (χ1v) is 10.3. The van der Waals surface area contributed by atoms with Crippen LogP contribution in [-0.2, 0) is 21.0 Å². The van der Waals surface area contributed by atoms with Gasteiger partial charge in [0.2, 0.25) is 15.9 Å². The highest BCUT2D eigenvalue weighted by atomic mass is 32.2. The second kappa shape index (κ2) is 7.85. The lowest BCUT2D eigenvalue weighted by Gasteiger charge is -2.37. The van der Waals surface area contributed by atoms with Gasteiger partial charge in [0.05, 0.1) is 17.5 Å². The Labute approximate surface area is 151 Å². The molecule has 5 nitrogen and oxygen atoms in total. The van der Waals surface area contributed by atoms with E-state index in [-0.39, 0.29) is 6.04 Å². The van der Waals surface area contributed by atoms with Crippen LogP contribution in [0.1, 0.15) is 38.2 Å². The Morgan fingerprint density at radius 2 is 1.92 bits per heavy atom. The quantitative estimate of drug-likeness (QED) is 0.773. The van der Waals surface area contributed by atoms with E-state index in [2.05, 4.69) is 0 Å². The van der Waals surface area contributed by atoms with Crippen molar-refractivity contribution in [2.24, 2.45) is 0 Å². The molecule has 26 heavy (non-hydrogen) atoms. The first-order chi connectivity index (χ1) is 12.1. The molecule has 1 aromatic rings. The van der Waals surface area contributed by atoms with Crippen molar-refractivity contribution in [3.8, 4) is 0 Å². The fourth-order valence-electron chi connectivity index (χ4n) is 3.28. The predicted octanol–water partition coefficient (Wildman–Crippen LogP) is 3.26. The molecule has 1 aromatic carbocycles. The predicted molar refractivity (Wildman–Crippen MR) is 93.3 cm³/mol. The molecule has 2 rings (SSSR count). The fraction of sp³-hybridized carbons (Fsp3) is 0.588. The number of carbonyl (C=O) groups excluding carboxylic acids is 1. The number of sulfonamides is 1. The first kappa shape index (κ1) is 20.5. The molecule has 0 bridgehead atoms. The molecule has 0 saturated carbocycles. The Balaban J connectivity index is 2.37. The zero-order chi connectivity index (χ0) is 19.5. The van der Waals surface area contributed by atoms with Gasteiger partial charge in [0.1, 0.15) is 6.54 Å². The maximum Gasteiger partial charge on any atom is 0.418 e. The second-order valence-electron chi connectivity index (χ2n) is 6.43. The van der Waals surface area contributed by atoms with Crippen molar-refractivity contribution in [2.75, 3.05) is 23.7 Å². The molecule has 0 aromatic heterocycles. The summed E-state index contributed by atoms with van der Waals surface area (Å²) >= 11 is 0. The van der Waals surface area contributed by atoms with Crippen LogP contribution in [0, 0.1) is 0 Å². The highest BCUT2D eigenvalue weighted by Crippen LogP contribution is 2.37. The largest absolute Gasteiger partial charge is 0.418 e. The van der Waals surface area contributed by atoms with Crippen molar-refractivity contribution in [1.82, 2.24) is 4.90 Å². The molecule has 1 aliphatic rings. The Morgan fingerprint density at radius 1 is 1.27 bits per heavy atom. The SMILES string of the molecule is CCC1CCCCN1C(=O)CN(c1ccccc1C(F)(F)F)S(C)(=O)=O. The average molecular weight is 392 g/mol. The molecule has 1 amide bonds. The number of piperidine rings is 1. The van der Waals surface area contributed by atoms with Gasteiger partial charge in [-0.3, -0.25) is 9.10 Å². The first-order valence-electron chi connectivity index (χ1n) is 8.49. The van der Waals surface area contributed by atoms with Crippen LogP contribution < -0.4 is 4.31 Å². The molecule has 146 valence electrons. The van der Waals surface area contributed by atoms with E-state index in [1.807, 2.05) is 6.92 Å². The molecule has 0 spiro atoms. The van der Waals surface area contributed by atoms with Gasteiger partial charge in [0.15, 0.2) is 0 Å². The number of nitrogens with zero attached hydrogens (tertiary/aromatic N) is 2. The van der Waals surface area contributed by atoms with Gasteiger partial charge in [-0.2, -0.15) is 13.2 Å². The van der Waals surface area contributed by atoms with E-state index >= 15 is 0 Å². The van der Waals surface area contributed by atoms with Crippen LogP contribution >= 0.6 is 0 Å². The molecule has 0 radical (unpaired) electrons. The third-order valence-corrected chi connectivity index (χ3v) is 5.70. The van der Waals surface area contributed by atoms with E-state index in [1.165, 1.54) is 12.1 Å². The third-order valence-electron chi connectivity index (χ3n) is 4.58. The van der Waals surface area contributed by atoms with Gasteiger partial charge in [0.25, 0.3) is 0 Å². The van der Waals surface area contributed by atoms with Gasteiger partial charge < -0.3 is 4.90 Å². The van der Waals surface area contributed by atoms with Crippen molar-refractivity contribution in [3.05, 3.63) is 29.8 Å². The van der Waals surface area contributed by atoms with E-state index in [0.29, 0.717) is 10.8 Å². The van der Waals surface area contributed by atoms with Crippen LogP contribution in [0.4, 0.5) is 18.9 Å². The maximum absolute atomic E-state index is 13.3. The zero-order valence-electron chi connectivity index (χ0n) is 14.8. The highest BCUT2D eigenvalue weighted by molar-refractivity contribution is 7.92. The molecule has 9 heteroatoms. The molecule has 1 atom stereocenters. The number of likely N-dealkylation sites (tertiary alicyclic amines) is 1. The van der Waals surface area contributed by atoms with Crippen LogP contribution in [0.3, 0.4) is 0 Å². The third kappa shape index (κ3) is 4.69. The summed E-state index contributed by atoms with van der Waals surface area (Å²) in [7, 11) is -4.07. The smallest absolute Gasteiger partial charge is 0.338 e. The van der Waals surface area contributed by atoms with E-state index < -0.39 is 39.9 Å². The number of rotatable bonds is 5. The van der Waals surface area contributed by atoms with E-state index in [4.69, 9.17) is 0 Å². The maximum atomic E-state index is 13.3. The van der Waals surface area contributed by atoms with E-state index in [0.717, 1.165) is 44.1 Å². The van der Waals surface area contributed by atoms with Gasteiger partial charge in [-0.05, 0) is 37.8 Å². The van der Waals surface area contributed by atoms with Crippen LogP contribution in [0.2, 0.25) is 0 Å². The number of halogens is 3. The van der Waals surface area contributed by atoms with Crippen molar-refractivity contribution in [3.63, 3.8) is 0 Å². The molecule has 1 fully saturated rings. The summed E-state index contributed by atoms with van der Waals surface area (Å²) in [6.07, 6.45) is -0.583. The van der Waals surface area contributed by atoms with Crippen molar-refractivity contribution < 1.29 is 26.4 Å². The van der Waals surface area contributed by atoms with Gasteiger partial charge in [-0.1, -0.05) is 19.1 Å². The Kier molecular flexibility index (Phi) is 6.21. The van der Waals surface area contributed by atoms with Gasteiger partial charge >= 0.3 is 6.18 Å². The summed E-state index contributed by atoms with van der Waals surface area (Å²) in [5, 5.41) is 0. The van der Waals surface area contributed by atoms with Crippen LogP contribution in [0.25, 0.3) is 0 Å². The lowest BCUT2D eigenvalue weighted by molar-refractivity contribution is -0.137. The van der Waals surface area contributed by atoms with E-state index in [1.54, 1.807) is 4.90 Å². The number of benzene rings is 1. The molecule has 1 saturated heterocycles. The number of para-hydroxylation sites is 1. The molecular weight excluding hydrogens is 369 g/mol. The van der Waals surface area contributed by atoms with Crippen molar-refractivity contribution in [1.29, 1.82) is 0 Å². The van der Waals surface area contributed by atoms with Gasteiger partial charge in [-0.15, -0.1) is 0 Å². The molecule has 1 heterocycles. The molecular formula is C17H23F3N2O3S. The lowest BCUT2D eigenvalue weighted by atomic mass is 10.00. The standard InChI is InChI=1S/C17H23F3N2O3S/c1-3-13-8-6-7-11-21(13)16(23)12-22(26(2,24)25)15-10-5-4-9-14(15)17(18,19)20/h4-5,9-10,13H,3,6-8,11-12H2,1-2H3. The summed E-state index contributed by atoms with van der Waals surface area (Å²) in [6.45, 7) is 1.79. The topological polar surface area (TPSA) is 57.7 Å². The Hall–Kier alpha value is -1.77. The Morgan fingerprint density at radius 3 is 2.50 bits per heavy atom. The minimum atomic E-state index is -4.72. The number of hydrogen-bond acceptors (Lipinski definition) is 3. The highest BCUT2D eigenvalue weighted by Gasteiger charge is 2.37. The average Bonchev–Trinajstić information content (AvgIpc) is 2.57. The van der Waals surface area contributed by atoms with Crippen LogP contribution in [-0.4, -0.2) is 44.6 Å². The number of hydrogen-bond donors (Lipinski definition) is 0. The summed E-state index contributed by atoms with van der Waals surface area (Å²) in [5.74, 6) is -0.473. The van der Waals surface area contributed by atoms with Crippen LogP contribution in [0.15, 0.2) is 24.3 Å². The Bertz CT molecular complexity index is 750. The van der Waals surface area contributed by atoms with E-state index in [9.17, 15) is 26.4 Å².